The minimum Gasteiger partial charge on any atom is -0.486 e. The van der Waals surface area contributed by atoms with Gasteiger partial charge in [0, 0.05) is 12.7 Å². The Morgan fingerprint density at radius 3 is 2.62 bits per heavy atom. The summed E-state index contributed by atoms with van der Waals surface area (Å²) in [5.74, 6) is 0.416. The van der Waals surface area contributed by atoms with Gasteiger partial charge in [0.15, 0.2) is 5.76 Å². The number of carbonyl (C=O) groups excluding carboxylic acids is 2. The van der Waals surface area contributed by atoms with E-state index in [1.54, 1.807) is 47.3 Å². The summed E-state index contributed by atoms with van der Waals surface area (Å²) >= 11 is 6.09. The Hall–Kier alpha value is -3.26. The van der Waals surface area contributed by atoms with Crippen LogP contribution in [0.15, 0.2) is 47.0 Å². The highest BCUT2D eigenvalue weighted by molar-refractivity contribution is 6.31. The summed E-state index contributed by atoms with van der Waals surface area (Å²) in [6, 6.07) is 9.75. The third-order valence-electron chi connectivity index (χ3n) is 4.07. The van der Waals surface area contributed by atoms with E-state index in [1.165, 1.54) is 7.11 Å². The molecule has 2 aromatic heterocycles. The number of esters is 1. The van der Waals surface area contributed by atoms with Crippen LogP contribution in [-0.4, -0.2) is 28.8 Å². The van der Waals surface area contributed by atoms with Crippen molar-refractivity contribution in [3.8, 4) is 5.75 Å². The van der Waals surface area contributed by atoms with Gasteiger partial charge in [-0.15, -0.1) is 0 Å². The number of carbonyl (C=O) groups is 2. The first-order valence-corrected chi connectivity index (χ1v) is 9.28. The van der Waals surface area contributed by atoms with Crippen molar-refractivity contribution in [1.82, 2.24) is 15.1 Å². The van der Waals surface area contributed by atoms with Crippen LogP contribution in [0, 0.1) is 0 Å². The Labute approximate surface area is 172 Å². The highest BCUT2D eigenvalue weighted by atomic mass is 35.5. The molecule has 0 fully saturated rings. The van der Waals surface area contributed by atoms with Gasteiger partial charge in [-0.1, -0.05) is 11.6 Å². The summed E-state index contributed by atoms with van der Waals surface area (Å²) < 4.78 is 17.5. The Bertz CT molecular complexity index is 994. The molecule has 9 heteroatoms. The van der Waals surface area contributed by atoms with Crippen molar-refractivity contribution in [2.45, 2.75) is 26.6 Å². The first-order valence-electron chi connectivity index (χ1n) is 8.90. The van der Waals surface area contributed by atoms with Crippen molar-refractivity contribution in [3.63, 3.8) is 0 Å². The SMILES string of the molecule is CCn1cc(Cl)c(CNC(=O)c2ccc(COc3ccc(C(=O)OC)cc3)o2)n1. The molecule has 8 nitrogen and oxygen atoms in total. The molecule has 29 heavy (non-hydrogen) atoms. The van der Waals surface area contributed by atoms with Crippen molar-refractivity contribution in [3.05, 3.63) is 70.4 Å². The van der Waals surface area contributed by atoms with Gasteiger partial charge in [-0.3, -0.25) is 9.48 Å². The number of hydrogen-bond donors (Lipinski definition) is 1. The summed E-state index contributed by atoms with van der Waals surface area (Å²) in [7, 11) is 1.32. The van der Waals surface area contributed by atoms with E-state index in [0.29, 0.717) is 34.3 Å². The zero-order chi connectivity index (χ0) is 20.8. The van der Waals surface area contributed by atoms with E-state index in [9.17, 15) is 9.59 Å². The lowest BCUT2D eigenvalue weighted by Gasteiger charge is -2.05. The number of halogens is 1. The van der Waals surface area contributed by atoms with Crippen molar-refractivity contribution in [1.29, 1.82) is 0 Å². The molecule has 0 radical (unpaired) electrons. The van der Waals surface area contributed by atoms with Gasteiger partial charge >= 0.3 is 5.97 Å². The molecule has 1 aromatic carbocycles. The molecule has 0 unspecified atom stereocenters. The maximum Gasteiger partial charge on any atom is 0.337 e. The minimum atomic E-state index is -0.416. The van der Waals surface area contributed by atoms with Crippen LogP contribution < -0.4 is 10.1 Å². The predicted molar refractivity (Wildman–Crippen MR) is 105 cm³/mol. The molecule has 0 spiro atoms. The van der Waals surface area contributed by atoms with Crippen LogP contribution >= 0.6 is 11.6 Å². The number of rotatable bonds is 8. The fraction of sp³-hybridized carbons (Fsp3) is 0.250. The van der Waals surface area contributed by atoms with E-state index < -0.39 is 5.97 Å². The van der Waals surface area contributed by atoms with E-state index in [-0.39, 0.29) is 24.8 Å². The van der Waals surface area contributed by atoms with Gasteiger partial charge in [0.25, 0.3) is 5.91 Å². The minimum absolute atomic E-state index is 0.136. The topological polar surface area (TPSA) is 95.6 Å². The highest BCUT2D eigenvalue weighted by Gasteiger charge is 2.14. The third kappa shape index (κ3) is 5.17. The lowest BCUT2D eigenvalue weighted by atomic mass is 10.2. The summed E-state index contributed by atoms with van der Waals surface area (Å²) in [5, 5.41) is 7.50. The average Bonchev–Trinajstić information content (AvgIpc) is 3.36. The van der Waals surface area contributed by atoms with Crippen LogP contribution in [0.25, 0.3) is 0 Å². The number of ether oxygens (including phenoxy) is 2. The molecule has 152 valence electrons. The molecule has 0 saturated heterocycles. The number of benzene rings is 1. The molecule has 0 bridgehead atoms. The second-order valence-electron chi connectivity index (χ2n) is 6.03. The van der Waals surface area contributed by atoms with Crippen LogP contribution in [0.1, 0.15) is 39.3 Å². The number of methoxy groups -OCH3 is 1. The van der Waals surface area contributed by atoms with E-state index in [4.69, 9.17) is 20.8 Å². The van der Waals surface area contributed by atoms with Gasteiger partial charge in [0.1, 0.15) is 23.8 Å². The van der Waals surface area contributed by atoms with E-state index >= 15 is 0 Å². The number of furan rings is 1. The maximum atomic E-state index is 12.3. The van der Waals surface area contributed by atoms with Crippen LogP contribution in [0.2, 0.25) is 5.02 Å². The van der Waals surface area contributed by atoms with Gasteiger partial charge in [0.2, 0.25) is 0 Å². The Kier molecular flexibility index (Phi) is 6.56. The van der Waals surface area contributed by atoms with Gasteiger partial charge < -0.3 is 19.2 Å². The molecular formula is C20H20ClN3O5. The maximum absolute atomic E-state index is 12.3. The van der Waals surface area contributed by atoms with Gasteiger partial charge in [-0.2, -0.15) is 5.10 Å². The molecular weight excluding hydrogens is 398 g/mol. The molecule has 0 aliphatic carbocycles. The van der Waals surface area contributed by atoms with Gasteiger partial charge in [0.05, 0.1) is 24.2 Å². The summed E-state index contributed by atoms with van der Waals surface area (Å²) in [6.45, 7) is 2.98. The first kappa shape index (κ1) is 20.5. The monoisotopic (exact) mass is 417 g/mol. The Morgan fingerprint density at radius 1 is 1.21 bits per heavy atom. The van der Waals surface area contributed by atoms with Crippen LogP contribution in [0.5, 0.6) is 5.75 Å². The van der Waals surface area contributed by atoms with Crippen molar-refractivity contribution in [2.75, 3.05) is 7.11 Å². The zero-order valence-electron chi connectivity index (χ0n) is 16.0. The van der Waals surface area contributed by atoms with Crippen LogP contribution in [-0.2, 0) is 24.4 Å². The Morgan fingerprint density at radius 2 is 1.97 bits per heavy atom. The van der Waals surface area contributed by atoms with Crippen LogP contribution in [0.4, 0.5) is 0 Å². The van der Waals surface area contributed by atoms with E-state index in [2.05, 4.69) is 15.2 Å². The summed E-state index contributed by atoms with van der Waals surface area (Å²) in [6.07, 6.45) is 1.71. The molecule has 0 saturated carbocycles. The number of nitrogens with one attached hydrogen (secondary N) is 1. The normalized spacial score (nSPS) is 10.6. The molecule has 3 aromatic rings. The number of aryl methyl sites for hydroxylation is 1. The summed E-state index contributed by atoms with van der Waals surface area (Å²) in [4.78, 5) is 23.7. The Balaban J connectivity index is 1.52. The fourth-order valence-corrected chi connectivity index (χ4v) is 2.72. The smallest absolute Gasteiger partial charge is 0.337 e. The lowest BCUT2D eigenvalue weighted by Crippen LogP contribution is -2.22. The molecule has 0 atom stereocenters. The van der Waals surface area contributed by atoms with E-state index in [0.717, 1.165) is 0 Å². The second kappa shape index (κ2) is 9.29. The number of aromatic nitrogens is 2. The van der Waals surface area contributed by atoms with Crippen LogP contribution in [0.3, 0.4) is 0 Å². The van der Waals surface area contributed by atoms with Gasteiger partial charge in [-0.25, -0.2) is 4.79 Å². The number of amides is 1. The fourth-order valence-electron chi connectivity index (χ4n) is 2.51. The third-order valence-corrected chi connectivity index (χ3v) is 4.39. The highest BCUT2D eigenvalue weighted by Crippen LogP contribution is 2.17. The molecule has 2 heterocycles. The first-order chi connectivity index (χ1) is 14.0. The van der Waals surface area contributed by atoms with E-state index in [1.807, 2.05) is 6.92 Å². The number of nitrogens with zero attached hydrogens (tertiary/aromatic N) is 2. The molecule has 0 aliphatic heterocycles. The van der Waals surface area contributed by atoms with Crippen molar-refractivity contribution >= 4 is 23.5 Å². The zero-order valence-corrected chi connectivity index (χ0v) is 16.7. The van der Waals surface area contributed by atoms with Crippen molar-refractivity contribution in [2.24, 2.45) is 0 Å². The van der Waals surface area contributed by atoms with Gasteiger partial charge in [-0.05, 0) is 43.3 Å². The second-order valence-corrected chi connectivity index (χ2v) is 6.44. The standard InChI is InChI=1S/C20H20ClN3O5/c1-3-24-11-16(21)17(23-24)10-22-19(25)18-9-8-15(29-18)12-28-14-6-4-13(5-7-14)20(26)27-2/h4-9,11H,3,10,12H2,1-2H3,(H,22,25). The largest absolute Gasteiger partial charge is 0.486 e. The molecule has 1 N–H and O–H groups in total. The van der Waals surface area contributed by atoms with Crippen molar-refractivity contribution < 1.29 is 23.5 Å². The predicted octanol–water partition coefficient (Wildman–Crippen LogP) is 3.45. The summed E-state index contributed by atoms with van der Waals surface area (Å²) in [5.41, 5.74) is 1.02. The molecule has 3 rings (SSSR count). The molecule has 0 aliphatic rings. The quantitative estimate of drug-likeness (QED) is 0.564. The molecule has 1 amide bonds. The number of hydrogen-bond acceptors (Lipinski definition) is 6. The lowest BCUT2D eigenvalue weighted by molar-refractivity contribution is 0.0600. The average molecular weight is 418 g/mol.